The highest BCUT2D eigenvalue weighted by molar-refractivity contribution is 5.49. The van der Waals surface area contributed by atoms with Gasteiger partial charge in [0.05, 0.1) is 12.7 Å². The van der Waals surface area contributed by atoms with E-state index in [4.69, 9.17) is 0 Å². The highest BCUT2D eigenvalue weighted by atomic mass is 15.4. The van der Waals surface area contributed by atoms with Crippen LogP contribution < -0.4 is 5.32 Å². The number of fused-ring (bicyclic) bond motifs is 1. The van der Waals surface area contributed by atoms with Crippen LogP contribution in [-0.2, 0) is 12.0 Å². The fraction of sp³-hybridized carbons (Fsp3) is 0.667. The van der Waals surface area contributed by atoms with E-state index >= 15 is 0 Å². The van der Waals surface area contributed by atoms with E-state index < -0.39 is 0 Å². The fourth-order valence-electron chi connectivity index (χ4n) is 1.57. The molecule has 1 aliphatic heterocycles. The zero-order valence-electron chi connectivity index (χ0n) is 7.89. The van der Waals surface area contributed by atoms with E-state index in [1.165, 1.54) is 11.4 Å². The first kappa shape index (κ1) is 7.65. The molecule has 1 aromatic heterocycles. The minimum Gasteiger partial charge on any atom is -0.368 e. The molecule has 0 aromatic carbocycles. The maximum Gasteiger partial charge on any atom is 0.128 e. The van der Waals surface area contributed by atoms with E-state index in [9.17, 15) is 0 Å². The van der Waals surface area contributed by atoms with Gasteiger partial charge in [-0.05, 0) is 5.41 Å². The number of rotatable bonds is 0. The van der Waals surface area contributed by atoms with Crippen molar-refractivity contribution in [3.05, 3.63) is 11.8 Å². The fourth-order valence-corrected chi connectivity index (χ4v) is 1.57. The van der Waals surface area contributed by atoms with Gasteiger partial charge in [0.15, 0.2) is 0 Å². The molecule has 1 N–H and O–H groups in total. The first-order valence-corrected chi connectivity index (χ1v) is 4.39. The smallest absolute Gasteiger partial charge is 0.128 e. The second kappa shape index (κ2) is 2.25. The number of aromatic nitrogens is 2. The lowest BCUT2D eigenvalue weighted by Gasteiger charge is -2.17. The van der Waals surface area contributed by atoms with E-state index in [2.05, 4.69) is 31.2 Å². The lowest BCUT2D eigenvalue weighted by Crippen LogP contribution is -2.12. The van der Waals surface area contributed by atoms with Crippen LogP contribution in [0.4, 0.5) is 5.82 Å². The van der Waals surface area contributed by atoms with Gasteiger partial charge in [-0.15, -0.1) is 0 Å². The van der Waals surface area contributed by atoms with Crippen LogP contribution in [0.2, 0.25) is 0 Å². The average Bonchev–Trinajstić information content (AvgIpc) is 2.37. The van der Waals surface area contributed by atoms with Crippen molar-refractivity contribution in [2.75, 3.05) is 11.9 Å². The van der Waals surface area contributed by atoms with Crippen LogP contribution in [0.3, 0.4) is 0 Å². The third-order valence-corrected chi connectivity index (χ3v) is 2.26. The quantitative estimate of drug-likeness (QED) is 0.633. The summed E-state index contributed by atoms with van der Waals surface area (Å²) in [6.07, 6.45) is 1.97. The van der Waals surface area contributed by atoms with Crippen molar-refractivity contribution in [3.63, 3.8) is 0 Å². The molecule has 12 heavy (non-hydrogen) atoms. The number of hydrogen-bond acceptors (Lipinski definition) is 2. The summed E-state index contributed by atoms with van der Waals surface area (Å²) in [7, 11) is 0. The summed E-state index contributed by atoms with van der Waals surface area (Å²) in [4.78, 5) is 0. The summed E-state index contributed by atoms with van der Waals surface area (Å²) in [5.41, 5.74) is 1.52. The van der Waals surface area contributed by atoms with Crippen molar-refractivity contribution in [2.24, 2.45) is 0 Å². The molecule has 2 heterocycles. The van der Waals surface area contributed by atoms with Crippen molar-refractivity contribution in [1.29, 1.82) is 0 Å². The Labute approximate surface area is 72.8 Å². The minimum absolute atomic E-state index is 0.199. The molecule has 66 valence electrons. The molecule has 3 nitrogen and oxygen atoms in total. The second-order valence-electron chi connectivity index (χ2n) is 4.31. The van der Waals surface area contributed by atoms with Gasteiger partial charge in [0, 0.05) is 12.1 Å². The molecule has 0 bridgehead atoms. The summed E-state index contributed by atoms with van der Waals surface area (Å²) in [5, 5.41) is 7.67. The molecule has 0 saturated heterocycles. The van der Waals surface area contributed by atoms with Gasteiger partial charge >= 0.3 is 0 Å². The highest BCUT2D eigenvalue weighted by Gasteiger charge is 2.24. The Balaban J connectivity index is 2.46. The van der Waals surface area contributed by atoms with Gasteiger partial charge in [-0.1, -0.05) is 20.8 Å². The zero-order valence-corrected chi connectivity index (χ0v) is 7.89. The Morgan fingerprint density at radius 3 is 2.92 bits per heavy atom. The third kappa shape index (κ3) is 1.00. The molecule has 0 unspecified atom stereocenters. The maximum absolute atomic E-state index is 4.32. The molecule has 1 aliphatic rings. The Morgan fingerprint density at radius 1 is 1.50 bits per heavy atom. The van der Waals surface area contributed by atoms with E-state index in [0.717, 1.165) is 13.1 Å². The number of hydrogen-bond donors (Lipinski definition) is 1. The number of nitrogens with one attached hydrogen (secondary N) is 1. The molecule has 0 saturated carbocycles. The van der Waals surface area contributed by atoms with Crippen molar-refractivity contribution < 1.29 is 0 Å². The lowest BCUT2D eigenvalue weighted by atomic mass is 9.89. The van der Waals surface area contributed by atoms with Crippen molar-refractivity contribution in [1.82, 2.24) is 9.78 Å². The summed E-state index contributed by atoms with van der Waals surface area (Å²) >= 11 is 0. The monoisotopic (exact) mass is 165 g/mol. The van der Waals surface area contributed by atoms with Crippen LogP contribution in [0.1, 0.15) is 26.3 Å². The van der Waals surface area contributed by atoms with Crippen molar-refractivity contribution >= 4 is 5.82 Å². The van der Waals surface area contributed by atoms with Gasteiger partial charge < -0.3 is 5.32 Å². The molecule has 3 heteroatoms. The first-order valence-electron chi connectivity index (χ1n) is 4.39. The topological polar surface area (TPSA) is 29.9 Å². The van der Waals surface area contributed by atoms with E-state index in [1.807, 2.05) is 10.9 Å². The van der Waals surface area contributed by atoms with Gasteiger partial charge in [0.1, 0.15) is 5.82 Å². The van der Waals surface area contributed by atoms with Gasteiger partial charge in [0.25, 0.3) is 0 Å². The van der Waals surface area contributed by atoms with Crippen LogP contribution in [0.15, 0.2) is 6.20 Å². The molecule has 0 atom stereocenters. The van der Waals surface area contributed by atoms with Crippen molar-refractivity contribution in [2.45, 2.75) is 32.7 Å². The van der Waals surface area contributed by atoms with Gasteiger partial charge in [0.2, 0.25) is 0 Å². The minimum atomic E-state index is 0.199. The van der Waals surface area contributed by atoms with Crippen LogP contribution in [0, 0.1) is 0 Å². The van der Waals surface area contributed by atoms with Crippen LogP contribution in [0.25, 0.3) is 0 Å². The summed E-state index contributed by atoms with van der Waals surface area (Å²) in [6, 6.07) is 0. The third-order valence-electron chi connectivity index (χ3n) is 2.26. The summed E-state index contributed by atoms with van der Waals surface area (Å²) in [5.74, 6) is 1.21. The average molecular weight is 165 g/mol. The molecule has 0 amide bonds. The Morgan fingerprint density at radius 2 is 2.25 bits per heavy atom. The molecular formula is C9H15N3. The van der Waals surface area contributed by atoms with E-state index in [0.29, 0.717) is 0 Å². The SMILES string of the molecule is CC(C)(C)c1cnn2c1NCC2. The normalized spacial score (nSPS) is 15.9. The second-order valence-corrected chi connectivity index (χ2v) is 4.31. The van der Waals surface area contributed by atoms with E-state index in [1.54, 1.807) is 0 Å². The molecule has 0 radical (unpaired) electrons. The predicted molar refractivity (Wildman–Crippen MR) is 49.4 cm³/mol. The Kier molecular flexibility index (Phi) is 1.43. The van der Waals surface area contributed by atoms with Crippen molar-refractivity contribution in [3.8, 4) is 0 Å². The van der Waals surface area contributed by atoms with Gasteiger partial charge in [-0.3, -0.25) is 0 Å². The molecule has 0 spiro atoms. The van der Waals surface area contributed by atoms with E-state index in [-0.39, 0.29) is 5.41 Å². The highest BCUT2D eigenvalue weighted by Crippen LogP contribution is 2.30. The summed E-state index contributed by atoms with van der Waals surface area (Å²) in [6.45, 7) is 8.66. The first-order chi connectivity index (χ1) is 5.59. The van der Waals surface area contributed by atoms with Crippen LogP contribution in [-0.4, -0.2) is 16.3 Å². The Bertz CT molecular complexity index is 293. The van der Waals surface area contributed by atoms with Gasteiger partial charge in [-0.25, -0.2) is 4.68 Å². The molecule has 0 aliphatic carbocycles. The number of nitrogens with zero attached hydrogens (tertiary/aromatic N) is 2. The molecule has 2 rings (SSSR count). The summed E-state index contributed by atoms with van der Waals surface area (Å²) < 4.78 is 2.04. The Hall–Kier alpha value is -0.990. The molecule has 0 fully saturated rings. The van der Waals surface area contributed by atoms with Crippen LogP contribution in [0.5, 0.6) is 0 Å². The zero-order chi connectivity index (χ0) is 8.77. The van der Waals surface area contributed by atoms with Crippen LogP contribution >= 0.6 is 0 Å². The molecular weight excluding hydrogens is 150 g/mol. The number of anilines is 1. The van der Waals surface area contributed by atoms with Gasteiger partial charge in [-0.2, -0.15) is 5.10 Å². The predicted octanol–water partition coefficient (Wildman–Crippen LogP) is 1.61. The lowest BCUT2D eigenvalue weighted by molar-refractivity contribution is 0.592. The standard InChI is InChI=1S/C9H15N3/c1-9(2,3)7-6-11-12-5-4-10-8(7)12/h6,10H,4-5H2,1-3H3. The maximum atomic E-state index is 4.32. The largest absolute Gasteiger partial charge is 0.368 e. The molecule has 1 aromatic rings.